The van der Waals surface area contributed by atoms with Gasteiger partial charge in [0, 0.05) is 18.9 Å². The van der Waals surface area contributed by atoms with Gasteiger partial charge >= 0.3 is 12.1 Å². The SMILES string of the molecule is O=C(O)c1cncc(C2CCCN2C(=O)OC2CCC2)c1. The van der Waals surface area contributed by atoms with Gasteiger partial charge in [-0.15, -0.1) is 0 Å². The highest BCUT2D eigenvalue weighted by atomic mass is 16.6. The number of rotatable bonds is 3. The Bertz CT molecular complexity index is 556. The summed E-state index contributed by atoms with van der Waals surface area (Å²) in [6, 6.07) is 1.46. The van der Waals surface area contributed by atoms with Crippen molar-refractivity contribution in [2.24, 2.45) is 0 Å². The molecule has 1 N–H and O–H groups in total. The van der Waals surface area contributed by atoms with E-state index in [1.807, 2.05) is 0 Å². The molecule has 21 heavy (non-hydrogen) atoms. The van der Waals surface area contributed by atoms with E-state index in [9.17, 15) is 9.59 Å². The quantitative estimate of drug-likeness (QED) is 0.925. The van der Waals surface area contributed by atoms with Crippen LogP contribution in [0, 0.1) is 0 Å². The van der Waals surface area contributed by atoms with E-state index in [0.717, 1.165) is 37.7 Å². The van der Waals surface area contributed by atoms with Crippen molar-refractivity contribution in [1.82, 2.24) is 9.88 Å². The second-order valence-corrected chi connectivity index (χ2v) is 5.60. The molecule has 0 bridgehead atoms. The number of carbonyl (C=O) groups excluding carboxylic acids is 1. The molecule has 1 atom stereocenters. The number of nitrogens with zero attached hydrogens (tertiary/aromatic N) is 2. The molecule has 2 aliphatic rings. The minimum Gasteiger partial charge on any atom is -0.478 e. The third-order valence-corrected chi connectivity index (χ3v) is 4.20. The molecule has 2 heterocycles. The fraction of sp³-hybridized carbons (Fsp3) is 0.533. The summed E-state index contributed by atoms with van der Waals surface area (Å²) in [6.07, 6.45) is 7.42. The molecule has 6 heteroatoms. The molecule has 1 aliphatic carbocycles. The Morgan fingerprint density at radius 3 is 2.71 bits per heavy atom. The van der Waals surface area contributed by atoms with Crippen LogP contribution < -0.4 is 0 Å². The van der Waals surface area contributed by atoms with Gasteiger partial charge in [-0.2, -0.15) is 0 Å². The number of hydrogen-bond donors (Lipinski definition) is 1. The highest BCUT2D eigenvalue weighted by Gasteiger charge is 2.33. The van der Waals surface area contributed by atoms with Gasteiger partial charge in [-0.05, 0) is 43.7 Å². The smallest absolute Gasteiger partial charge is 0.410 e. The Hall–Kier alpha value is -2.11. The number of pyridine rings is 1. The fourth-order valence-corrected chi connectivity index (χ4v) is 2.79. The molecule has 0 radical (unpaired) electrons. The summed E-state index contributed by atoms with van der Waals surface area (Å²) < 4.78 is 5.45. The number of hydrogen-bond acceptors (Lipinski definition) is 4. The predicted octanol–water partition coefficient (Wildman–Crippen LogP) is 2.61. The molecule has 6 nitrogen and oxygen atoms in total. The van der Waals surface area contributed by atoms with Crippen LogP contribution in [0.5, 0.6) is 0 Å². The van der Waals surface area contributed by atoms with Crippen LogP contribution in [0.1, 0.15) is 54.1 Å². The maximum Gasteiger partial charge on any atom is 0.410 e. The van der Waals surface area contributed by atoms with Gasteiger partial charge in [0.2, 0.25) is 0 Å². The Labute approximate surface area is 122 Å². The van der Waals surface area contributed by atoms with Crippen molar-refractivity contribution in [2.45, 2.75) is 44.2 Å². The van der Waals surface area contributed by atoms with Crippen molar-refractivity contribution in [1.29, 1.82) is 0 Å². The summed E-state index contributed by atoms with van der Waals surface area (Å²) in [6.45, 7) is 0.646. The van der Waals surface area contributed by atoms with Crippen LogP contribution >= 0.6 is 0 Å². The summed E-state index contributed by atoms with van der Waals surface area (Å²) in [5.41, 5.74) is 0.907. The molecule has 2 fully saturated rings. The summed E-state index contributed by atoms with van der Waals surface area (Å²) in [5.74, 6) is -1.01. The Kier molecular flexibility index (Phi) is 3.77. The zero-order chi connectivity index (χ0) is 14.8. The van der Waals surface area contributed by atoms with E-state index >= 15 is 0 Å². The summed E-state index contributed by atoms with van der Waals surface area (Å²) in [7, 11) is 0. The molecule has 1 saturated heterocycles. The molecule has 0 spiro atoms. The summed E-state index contributed by atoms with van der Waals surface area (Å²) >= 11 is 0. The number of aromatic nitrogens is 1. The second-order valence-electron chi connectivity index (χ2n) is 5.60. The zero-order valence-electron chi connectivity index (χ0n) is 11.7. The Morgan fingerprint density at radius 1 is 1.24 bits per heavy atom. The van der Waals surface area contributed by atoms with Crippen molar-refractivity contribution < 1.29 is 19.4 Å². The van der Waals surface area contributed by atoms with Crippen molar-refractivity contribution >= 4 is 12.1 Å². The molecule has 1 unspecified atom stereocenters. The summed E-state index contributed by atoms with van der Waals surface area (Å²) in [5, 5.41) is 9.04. The molecule has 1 aliphatic heterocycles. The lowest BCUT2D eigenvalue weighted by Gasteiger charge is -2.30. The third kappa shape index (κ3) is 2.84. The average molecular weight is 290 g/mol. The van der Waals surface area contributed by atoms with E-state index < -0.39 is 5.97 Å². The van der Waals surface area contributed by atoms with Crippen LogP contribution in [0.4, 0.5) is 4.79 Å². The average Bonchev–Trinajstić information content (AvgIpc) is 2.92. The molecule has 3 rings (SSSR count). The van der Waals surface area contributed by atoms with Crippen LogP contribution in [0.3, 0.4) is 0 Å². The monoisotopic (exact) mass is 290 g/mol. The topological polar surface area (TPSA) is 79.7 Å². The van der Waals surface area contributed by atoms with E-state index in [-0.39, 0.29) is 23.8 Å². The van der Waals surface area contributed by atoms with Gasteiger partial charge in [-0.25, -0.2) is 9.59 Å². The van der Waals surface area contributed by atoms with E-state index in [0.29, 0.717) is 6.54 Å². The van der Waals surface area contributed by atoms with E-state index in [1.165, 1.54) is 6.20 Å². The second kappa shape index (κ2) is 5.71. The normalized spacial score (nSPS) is 21.9. The van der Waals surface area contributed by atoms with Gasteiger partial charge in [0.05, 0.1) is 11.6 Å². The first kappa shape index (κ1) is 13.9. The Balaban J connectivity index is 1.75. The van der Waals surface area contributed by atoms with Gasteiger partial charge in [0.1, 0.15) is 6.10 Å². The maximum absolute atomic E-state index is 12.2. The van der Waals surface area contributed by atoms with Crippen molar-refractivity contribution in [2.75, 3.05) is 6.54 Å². The van der Waals surface area contributed by atoms with Crippen LogP contribution in [0.2, 0.25) is 0 Å². The molecular formula is C15H18N2O4. The van der Waals surface area contributed by atoms with Crippen LogP contribution in [0.25, 0.3) is 0 Å². The number of carboxylic acid groups (broad SMARTS) is 1. The Morgan fingerprint density at radius 2 is 2.05 bits per heavy atom. The lowest BCUT2D eigenvalue weighted by atomic mass is 9.96. The van der Waals surface area contributed by atoms with Crippen molar-refractivity contribution in [3.8, 4) is 0 Å². The number of amides is 1. The van der Waals surface area contributed by atoms with Gasteiger partial charge in [-0.1, -0.05) is 0 Å². The fourth-order valence-electron chi connectivity index (χ4n) is 2.79. The molecular weight excluding hydrogens is 272 g/mol. The van der Waals surface area contributed by atoms with Gasteiger partial charge in [0.15, 0.2) is 0 Å². The largest absolute Gasteiger partial charge is 0.478 e. The predicted molar refractivity (Wildman–Crippen MR) is 74.0 cm³/mol. The number of carboxylic acids is 1. The number of likely N-dealkylation sites (tertiary alicyclic amines) is 1. The lowest BCUT2D eigenvalue weighted by molar-refractivity contribution is 0.0244. The van der Waals surface area contributed by atoms with E-state index in [4.69, 9.17) is 9.84 Å². The standard InChI is InChI=1S/C15H18N2O4/c18-14(19)11-7-10(8-16-9-11)13-5-2-6-17(13)15(20)21-12-3-1-4-12/h7-9,12-13H,1-6H2,(H,18,19). The highest BCUT2D eigenvalue weighted by Crippen LogP contribution is 2.33. The third-order valence-electron chi connectivity index (χ3n) is 4.20. The lowest BCUT2D eigenvalue weighted by Crippen LogP contribution is -2.36. The van der Waals surface area contributed by atoms with E-state index in [1.54, 1.807) is 17.2 Å². The first-order chi connectivity index (χ1) is 10.1. The van der Waals surface area contributed by atoms with E-state index in [2.05, 4.69) is 4.98 Å². The maximum atomic E-state index is 12.2. The summed E-state index contributed by atoms with van der Waals surface area (Å²) in [4.78, 5) is 28.9. The first-order valence-electron chi connectivity index (χ1n) is 7.30. The minimum atomic E-state index is -1.01. The van der Waals surface area contributed by atoms with Crippen LogP contribution in [0.15, 0.2) is 18.5 Å². The van der Waals surface area contributed by atoms with Crippen molar-refractivity contribution in [3.63, 3.8) is 0 Å². The van der Waals surface area contributed by atoms with Gasteiger partial charge < -0.3 is 14.7 Å². The number of carbonyl (C=O) groups is 2. The highest BCUT2D eigenvalue weighted by molar-refractivity contribution is 5.87. The number of aromatic carboxylic acids is 1. The van der Waals surface area contributed by atoms with Gasteiger partial charge in [-0.3, -0.25) is 4.98 Å². The molecule has 112 valence electrons. The molecule has 1 amide bonds. The van der Waals surface area contributed by atoms with Crippen LogP contribution in [-0.2, 0) is 4.74 Å². The molecule has 0 aromatic carbocycles. The minimum absolute atomic E-state index is 0.0576. The molecule has 1 aromatic heterocycles. The number of ether oxygens (including phenoxy) is 1. The molecule has 1 saturated carbocycles. The van der Waals surface area contributed by atoms with Crippen molar-refractivity contribution in [3.05, 3.63) is 29.6 Å². The first-order valence-corrected chi connectivity index (χ1v) is 7.30. The molecule has 1 aromatic rings. The van der Waals surface area contributed by atoms with Gasteiger partial charge in [0.25, 0.3) is 0 Å². The van der Waals surface area contributed by atoms with Crippen LogP contribution in [-0.4, -0.2) is 39.7 Å². The zero-order valence-corrected chi connectivity index (χ0v) is 11.7.